The zero-order chi connectivity index (χ0) is 9.68. The van der Waals surface area contributed by atoms with Gasteiger partial charge in [-0.05, 0) is 6.92 Å². The third-order valence-corrected chi connectivity index (χ3v) is 2.43. The number of rotatable bonds is 5. The minimum atomic E-state index is -0.739. The zero-order valence-electron chi connectivity index (χ0n) is 7.99. The molecule has 0 radical (unpaired) electrons. The van der Waals surface area contributed by atoms with Gasteiger partial charge in [0.2, 0.25) is 5.95 Å². The maximum atomic E-state index is 10.9. The Hall–Kier alpha value is -0.840. The second-order valence-corrected chi connectivity index (χ2v) is 4.31. The average Bonchev–Trinajstić information content (AvgIpc) is 2.49. The molecule has 0 aliphatic heterocycles. The monoisotopic (exact) mass is 201 g/mol. The number of nitrogens with one attached hydrogen (secondary N) is 1. The molecule has 0 saturated carbocycles. The number of aryl methyl sites for hydroxylation is 1. The maximum Gasteiger partial charge on any atom is 0.202 e. The number of anilines is 1. The Morgan fingerprint density at radius 3 is 3.08 bits per heavy atom. The number of hydrogen-bond donors (Lipinski definition) is 1. The van der Waals surface area contributed by atoms with E-state index in [1.807, 2.05) is 17.7 Å². The molecule has 1 aromatic rings. The minimum Gasteiger partial charge on any atom is -0.356 e. The fourth-order valence-electron chi connectivity index (χ4n) is 1.04. The largest absolute Gasteiger partial charge is 0.356 e. The van der Waals surface area contributed by atoms with Crippen LogP contribution in [0.2, 0.25) is 0 Å². The molecule has 0 fully saturated rings. The molecule has 1 atom stereocenters. The second kappa shape index (κ2) is 5.01. The van der Waals surface area contributed by atoms with Crippen LogP contribution in [0.4, 0.5) is 5.95 Å². The van der Waals surface area contributed by atoms with Crippen molar-refractivity contribution in [3.63, 3.8) is 0 Å². The van der Waals surface area contributed by atoms with Crippen LogP contribution in [-0.4, -0.2) is 32.3 Å². The molecule has 0 aromatic carbocycles. The Morgan fingerprint density at radius 2 is 2.46 bits per heavy atom. The number of hydrogen-bond acceptors (Lipinski definition) is 3. The summed E-state index contributed by atoms with van der Waals surface area (Å²) in [6.45, 7) is 3.63. The second-order valence-electron chi connectivity index (χ2n) is 2.75. The van der Waals surface area contributed by atoms with Crippen LogP contribution in [0, 0.1) is 0 Å². The van der Waals surface area contributed by atoms with Gasteiger partial charge in [0.15, 0.2) is 0 Å². The van der Waals surface area contributed by atoms with Crippen molar-refractivity contribution in [2.45, 2.75) is 13.5 Å². The minimum absolute atomic E-state index is 0.675. The quantitative estimate of drug-likeness (QED) is 0.762. The van der Waals surface area contributed by atoms with Gasteiger partial charge >= 0.3 is 0 Å². The third-order valence-electron chi connectivity index (χ3n) is 1.67. The predicted octanol–water partition coefficient (Wildman–Crippen LogP) is 0.693. The number of aromatic nitrogens is 2. The van der Waals surface area contributed by atoms with Gasteiger partial charge in [-0.3, -0.25) is 4.21 Å². The molecule has 1 rings (SSSR count). The molecule has 1 aromatic heterocycles. The summed E-state index contributed by atoms with van der Waals surface area (Å²) in [4.78, 5) is 4.14. The summed E-state index contributed by atoms with van der Waals surface area (Å²) in [7, 11) is -0.739. The van der Waals surface area contributed by atoms with Gasteiger partial charge < -0.3 is 9.88 Å². The molecular weight excluding hydrogens is 186 g/mol. The van der Waals surface area contributed by atoms with Crippen molar-refractivity contribution in [2.75, 3.05) is 23.9 Å². The van der Waals surface area contributed by atoms with E-state index in [9.17, 15) is 4.21 Å². The van der Waals surface area contributed by atoms with Crippen molar-refractivity contribution in [1.82, 2.24) is 9.55 Å². The topological polar surface area (TPSA) is 46.9 Å². The summed E-state index contributed by atoms with van der Waals surface area (Å²) < 4.78 is 12.8. The predicted molar refractivity (Wildman–Crippen MR) is 55.3 cm³/mol. The van der Waals surface area contributed by atoms with E-state index in [1.54, 1.807) is 12.5 Å². The Kier molecular flexibility index (Phi) is 3.95. The van der Waals surface area contributed by atoms with E-state index in [0.29, 0.717) is 5.75 Å². The highest BCUT2D eigenvalue weighted by Gasteiger charge is 2.00. The van der Waals surface area contributed by atoms with Crippen LogP contribution in [0.15, 0.2) is 12.4 Å². The van der Waals surface area contributed by atoms with Crippen molar-refractivity contribution in [3.8, 4) is 0 Å². The normalized spacial score (nSPS) is 12.8. The van der Waals surface area contributed by atoms with Crippen molar-refractivity contribution >= 4 is 16.7 Å². The van der Waals surface area contributed by atoms with Crippen LogP contribution in [-0.2, 0) is 17.3 Å². The van der Waals surface area contributed by atoms with Crippen LogP contribution in [0.5, 0.6) is 0 Å². The Bertz CT molecular complexity index is 285. The molecule has 74 valence electrons. The Labute approximate surface area is 80.8 Å². The summed E-state index contributed by atoms with van der Waals surface area (Å²) in [5, 5.41) is 3.13. The molecule has 4 nitrogen and oxygen atoms in total. The summed E-state index contributed by atoms with van der Waals surface area (Å²) in [5.74, 6) is 1.53. The van der Waals surface area contributed by atoms with Crippen LogP contribution in [0.1, 0.15) is 6.92 Å². The molecule has 1 heterocycles. The first-order valence-electron chi connectivity index (χ1n) is 4.29. The van der Waals surface area contributed by atoms with Gasteiger partial charge in [-0.15, -0.1) is 0 Å². The summed E-state index contributed by atoms with van der Waals surface area (Å²) in [6, 6.07) is 0. The average molecular weight is 201 g/mol. The van der Waals surface area contributed by atoms with E-state index in [4.69, 9.17) is 0 Å². The van der Waals surface area contributed by atoms with E-state index < -0.39 is 10.8 Å². The molecule has 0 spiro atoms. The SMILES string of the molecule is CCNc1nccn1CCS(C)=O. The highest BCUT2D eigenvalue weighted by molar-refractivity contribution is 7.84. The van der Waals surface area contributed by atoms with Gasteiger partial charge in [0, 0.05) is 48.3 Å². The fourth-order valence-corrected chi connectivity index (χ4v) is 1.50. The molecule has 0 aliphatic carbocycles. The van der Waals surface area contributed by atoms with Crippen LogP contribution in [0.3, 0.4) is 0 Å². The number of imidazole rings is 1. The third kappa shape index (κ3) is 3.18. The van der Waals surface area contributed by atoms with E-state index in [1.165, 1.54) is 0 Å². The summed E-state index contributed by atoms with van der Waals surface area (Å²) >= 11 is 0. The van der Waals surface area contributed by atoms with Gasteiger partial charge in [0.05, 0.1) is 0 Å². The zero-order valence-corrected chi connectivity index (χ0v) is 8.80. The van der Waals surface area contributed by atoms with Crippen LogP contribution >= 0.6 is 0 Å². The summed E-state index contributed by atoms with van der Waals surface area (Å²) in [6.07, 6.45) is 5.35. The van der Waals surface area contributed by atoms with Gasteiger partial charge in [0.25, 0.3) is 0 Å². The lowest BCUT2D eigenvalue weighted by atomic mass is 10.7. The summed E-state index contributed by atoms with van der Waals surface area (Å²) in [5.41, 5.74) is 0. The van der Waals surface area contributed by atoms with Crippen LogP contribution in [0.25, 0.3) is 0 Å². The standard InChI is InChI=1S/C8H15N3OS/c1-3-9-8-10-4-5-11(8)6-7-13(2)12/h4-5H,3,6-7H2,1-2H3,(H,9,10). The molecule has 13 heavy (non-hydrogen) atoms. The highest BCUT2D eigenvalue weighted by Crippen LogP contribution is 2.03. The van der Waals surface area contributed by atoms with Gasteiger partial charge in [0.1, 0.15) is 0 Å². The molecular formula is C8H15N3OS. The lowest BCUT2D eigenvalue weighted by Crippen LogP contribution is -2.10. The molecule has 0 aliphatic rings. The lowest BCUT2D eigenvalue weighted by molar-refractivity contribution is 0.678. The number of nitrogens with zero attached hydrogens (tertiary/aromatic N) is 2. The fraction of sp³-hybridized carbons (Fsp3) is 0.625. The Morgan fingerprint density at radius 1 is 1.69 bits per heavy atom. The van der Waals surface area contributed by atoms with Crippen molar-refractivity contribution in [1.29, 1.82) is 0 Å². The van der Waals surface area contributed by atoms with Gasteiger partial charge in [-0.1, -0.05) is 0 Å². The molecule has 1 unspecified atom stereocenters. The molecule has 0 amide bonds. The lowest BCUT2D eigenvalue weighted by Gasteiger charge is -2.06. The first-order valence-corrected chi connectivity index (χ1v) is 6.01. The van der Waals surface area contributed by atoms with E-state index in [-0.39, 0.29) is 0 Å². The first-order chi connectivity index (χ1) is 6.24. The van der Waals surface area contributed by atoms with E-state index >= 15 is 0 Å². The molecule has 0 bridgehead atoms. The van der Waals surface area contributed by atoms with E-state index in [0.717, 1.165) is 19.0 Å². The molecule has 0 saturated heterocycles. The van der Waals surface area contributed by atoms with Crippen LogP contribution < -0.4 is 5.32 Å². The van der Waals surface area contributed by atoms with Gasteiger partial charge in [-0.2, -0.15) is 0 Å². The van der Waals surface area contributed by atoms with E-state index in [2.05, 4.69) is 10.3 Å². The maximum absolute atomic E-state index is 10.9. The first kappa shape index (κ1) is 10.2. The van der Waals surface area contributed by atoms with Gasteiger partial charge in [-0.25, -0.2) is 4.98 Å². The van der Waals surface area contributed by atoms with Crippen molar-refractivity contribution < 1.29 is 4.21 Å². The highest BCUT2D eigenvalue weighted by atomic mass is 32.2. The smallest absolute Gasteiger partial charge is 0.202 e. The molecule has 1 N–H and O–H groups in total. The van der Waals surface area contributed by atoms with Crippen molar-refractivity contribution in [3.05, 3.63) is 12.4 Å². The Balaban J connectivity index is 2.54. The molecule has 5 heteroatoms. The van der Waals surface area contributed by atoms with Crippen molar-refractivity contribution in [2.24, 2.45) is 0 Å².